The van der Waals surface area contributed by atoms with E-state index < -0.39 is 5.54 Å². The molecular weight excluding hydrogens is 220 g/mol. The molecule has 2 rings (SSSR count). The van der Waals surface area contributed by atoms with Crippen molar-refractivity contribution in [1.29, 1.82) is 0 Å². The van der Waals surface area contributed by atoms with Crippen LogP contribution >= 0.6 is 0 Å². The van der Waals surface area contributed by atoms with Crippen molar-refractivity contribution in [2.45, 2.75) is 39.2 Å². The molecule has 1 heterocycles. The Morgan fingerprint density at radius 3 is 2.47 bits per heavy atom. The van der Waals surface area contributed by atoms with Gasteiger partial charge in [0.1, 0.15) is 11.6 Å². The van der Waals surface area contributed by atoms with Crippen molar-refractivity contribution in [3.8, 4) is 0 Å². The first kappa shape index (κ1) is 12.5. The van der Waals surface area contributed by atoms with Gasteiger partial charge in [-0.25, -0.2) is 8.78 Å². The summed E-state index contributed by atoms with van der Waals surface area (Å²) in [7, 11) is 0. The molecule has 1 aliphatic heterocycles. The maximum atomic E-state index is 14.0. The van der Waals surface area contributed by atoms with E-state index in [1.54, 1.807) is 0 Å². The van der Waals surface area contributed by atoms with Crippen molar-refractivity contribution in [2.24, 2.45) is 5.41 Å². The lowest BCUT2D eigenvalue weighted by Gasteiger charge is -2.43. The monoisotopic (exact) mass is 239 g/mol. The van der Waals surface area contributed by atoms with Crippen molar-refractivity contribution in [3.05, 3.63) is 35.4 Å². The van der Waals surface area contributed by atoms with Crippen LogP contribution in [-0.2, 0) is 5.54 Å². The van der Waals surface area contributed by atoms with Gasteiger partial charge in [-0.05, 0) is 43.0 Å². The maximum Gasteiger partial charge on any atom is 0.128 e. The summed E-state index contributed by atoms with van der Waals surface area (Å²) in [4.78, 5) is 0. The van der Waals surface area contributed by atoms with Crippen molar-refractivity contribution in [2.75, 3.05) is 6.54 Å². The lowest BCUT2D eigenvalue weighted by atomic mass is 9.68. The summed E-state index contributed by atoms with van der Waals surface area (Å²) in [6.45, 7) is 7.05. The second-order valence-electron chi connectivity index (χ2n) is 5.81. The van der Waals surface area contributed by atoms with Crippen LogP contribution in [0.3, 0.4) is 0 Å². The molecule has 3 heteroatoms. The molecule has 1 atom stereocenters. The zero-order valence-electron chi connectivity index (χ0n) is 10.6. The molecule has 17 heavy (non-hydrogen) atoms. The molecule has 0 saturated carbocycles. The van der Waals surface area contributed by atoms with Crippen LogP contribution in [0.2, 0.25) is 0 Å². The first-order valence-electron chi connectivity index (χ1n) is 6.07. The minimum Gasteiger partial charge on any atom is -0.307 e. The largest absolute Gasteiger partial charge is 0.307 e. The molecular formula is C14H19F2N. The molecule has 1 nitrogen and oxygen atoms in total. The van der Waals surface area contributed by atoms with E-state index in [0.717, 1.165) is 19.4 Å². The van der Waals surface area contributed by atoms with Crippen molar-refractivity contribution in [3.63, 3.8) is 0 Å². The van der Waals surface area contributed by atoms with Gasteiger partial charge in [0, 0.05) is 5.56 Å². The number of hydrogen-bond donors (Lipinski definition) is 1. The molecule has 1 aliphatic rings. The Bertz CT molecular complexity index is 415. The lowest BCUT2D eigenvalue weighted by Crippen LogP contribution is -2.48. The summed E-state index contributed by atoms with van der Waals surface area (Å²) in [5.41, 5.74) is -0.153. The molecule has 0 aliphatic carbocycles. The molecule has 0 amide bonds. The van der Waals surface area contributed by atoms with E-state index >= 15 is 0 Å². The number of nitrogens with one attached hydrogen (secondary N) is 1. The predicted octanol–water partition coefficient (Wildman–Crippen LogP) is 3.59. The average molecular weight is 239 g/mol. The Hall–Kier alpha value is -0.960. The normalized spacial score (nSPS) is 25.2. The van der Waals surface area contributed by atoms with Gasteiger partial charge in [0.05, 0.1) is 5.54 Å². The maximum absolute atomic E-state index is 14.0. The Morgan fingerprint density at radius 2 is 1.94 bits per heavy atom. The summed E-state index contributed by atoms with van der Waals surface area (Å²) in [5.74, 6) is -0.700. The van der Waals surface area contributed by atoms with Gasteiger partial charge in [0.25, 0.3) is 0 Å². The molecule has 0 radical (unpaired) electrons. The topological polar surface area (TPSA) is 12.0 Å². The molecule has 1 fully saturated rings. The Kier molecular flexibility index (Phi) is 2.98. The highest BCUT2D eigenvalue weighted by Crippen LogP contribution is 2.46. The molecule has 1 unspecified atom stereocenters. The SMILES string of the molecule is CC(C)(C)C1(c2cc(F)ccc2F)CCCN1. The van der Waals surface area contributed by atoms with E-state index in [1.165, 1.54) is 18.2 Å². The van der Waals surface area contributed by atoms with Crippen molar-refractivity contribution >= 4 is 0 Å². The molecule has 1 aromatic carbocycles. The highest BCUT2D eigenvalue weighted by molar-refractivity contribution is 5.30. The van der Waals surface area contributed by atoms with E-state index in [0.29, 0.717) is 5.56 Å². The van der Waals surface area contributed by atoms with Crippen LogP contribution in [0, 0.1) is 17.0 Å². The van der Waals surface area contributed by atoms with Crippen molar-refractivity contribution < 1.29 is 8.78 Å². The zero-order chi connectivity index (χ0) is 12.7. The third-order valence-corrected chi connectivity index (χ3v) is 3.82. The van der Waals surface area contributed by atoms with Crippen LogP contribution in [0.15, 0.2) is 18.2 Å². The Morgan fingerprint density at radius 1 is 1.24 bits per heavy atom. The van der Waals surface area contributed by atoms with E-state index in [1.807, 2.05) is 0 Å². The quantitative estimate of drug-likeness (QED) is 0.789. The number of rotatable bonds is 1. The van der Waals surface area contributed by atoms with Gasteiger partial charge in [-0.2, -0.15) is 0 Å². The summed E-state index contributed by atoms with van der Waals surface area (Å²) >= 11 is 0. The Labute approximate surface area is 101 Å². The van der Waals surface area contributed by atoms with E-state index in [9.17, 15) is 8.78 Å². The van der Waals surface area contributed by atoms with Crippen LogP contribution in [0.25, 0.3) is 0 Å². The van der Waals surface area contributed by atoms with Crippen LogP contribution in [0.1, 0.15) is 39.2 Å². The summed E-state index contributed by atoms with van der Waals surface area (Å²) in [6.07, 6.45) is 1.84. The van der Waals surface area contributed by atoms with Gasteiger partial charge in [-0.1, -0.05) is 20.8 Å². The van der Waals surface area contributed by atoms with Gasteiger partial charge in [0.15, 0.2) is 0 Å². The van der Waals surface area contributed by atoms with Gasteiger partial charge >= 0.3 is 0 Å². The summed E-state index contributed by atoms with van der Waals surface area (Å²) in [5, 5.41) is 3.39. The Balaban J connectivity index is 2.57. The van der Waals surface area contributed by atoms with E-state index in [2.05, 4.69) is 26.1 Å². The lowest BCUT2D eigenvalue weighted by molar-refractivity contribution is 0.155. The zero-order valence-corrected chi connectivity index (χ0v) is 10.6. The smallest absolute Gasteiger partial charge is 0.128 e. The van der Waals surface area contributed by atoms with Crippen LogP contribution in [-0.4, -0.2) is 6.54 Å². The highest BCUT2D eigenvalue weighted by Gasteiger charge is 2.46. The molecule has 0 aromatic heterocycles. The summed E-state index contributed by atoms with van der Waals surface area (Å²) in [6, 6.07) is 3.72. The second-order valence-corrected chi connectivity index (χ2v) is 5.81. The van der Waals surface area contributed by atoms with Gasteiger partial charge in [-0.15, -0.1) is 0 Å². The first-order chi connectivity index (χ1) is 7.87. The fourth-order valence-corrected chi connectivity index (χ4v) is 2.84. The molecule has 94 valence electrons. The fraction of sp³-hybridized carbons (Fsp3) is 0.571. The second kappa shape index (κ2) is 4.05. The summed E-state index contributed by atoms with van der Waals surface area (Å²) < 4.78 is 27.4. The number of benzene rings is 1. The van der Waals surface area contributed by atoms with Gasteiger partial charge < -0.3 is 5.32 Å². The highest BCUT2D eigenvalue weighted by atomic mass is 19.1. The predicted molar refractivity (Wildman–Crippen MR) is 64.7 cm³/mol. The molecule has 1 N–H and O–H groups in total. The van der Waals surface area contributed by atoms with E-state index in [-0.39, 0.29) is 17.0 Å². The number of halogens is 2. The van der Waals surface area contributed by atoms with Gasteiger partial charge in [0.2, 0.25) is 0 Å². The van der Waals surface area contributed by atoms with Crippen molar-refractivity contribution in [1.82, 2.24) is 5.32 Å². The molecule has 0 bridgehead atoms. The molecule has 0 spiro atoms. The van der Waals surface area contributed by atoms with Gasteiger partial charge in [-0.3, -0.25) is 0 Å². The van der Waals surface area contributed by atoms with Crippen LogP contribution in [0.4, 0.5) is 8.78 Å². The molecule has 1 aromatic rings. The number of hydrogen-bond acceptors (Lipinski definition) is 1. The first-order valence-corrected chi connectivity index (χ1v) is 6.07. The third-order valence-electron chi connectivity index (χ3n) is 3.82. The minimum atomic E-state index is -0.459. The molecule has 1 saturated heterocycles. The third kappa shape index (κ3) is 1.97. The van der Waals surface area contributed by atoms with E-state index in [4.69, 9.17) is 0 Å². The average Bonchev–Trinajstić information content (AvgIpc) is 2.71. The minimum absolute atomic E-state index is 0.155. The fourth-order valence-electron chi connectivity index (χ4n) is 2.84. The van der Waals surface area contributed by atoms with Crippen LogP contribution in [0.5, 0.6) is 0 Å². The van der Waals surface area contributed by atoms with Crippen LogP contribution < -0.4 is 5.32 Å². The standard InChI is InChI=1S/C14H19F2N/c1-13(2,3)14(7-4-8-17-14)11-9-10(15)5-6-12(11)16/h5-6,9,17H,4,7-8H2,1-3H3.